The molecule has 1 saturated carbocycles. The van der Waals surface area contributed by atoms with Crippen molar-refractivity contribution in [1.29, 1.82) is 0 Å². The van der Waals surface area contributed by atoms with Gasteiger partial charge in [-0.15, -0.1) is 0 Å². The molecule has 1 saturated heterocycles. The third-order valence-electron chi connectivity index (χ3n) is 4.92. The van der Waals surface area contributed by atoms with Gasteiger partial charge in [0.25, 0.3) is 5.91 Å². The van der Waals surface area contributed by atoms with E-state index < -0.39 is 6.10 Å². The smallest absolute Gasteiger partial charge is 0.263 e. The van der Waals surface area contributed by atoms with Crippen LogP contribution in [0.1, 0.15) is 32.6 Å². The van der Waals surface area contributed by atoms with Gasteiger partial charge in [0.2, 0.25) is 0 Å². The highest BCUT2D eigenvalue weighted by atomic mass is 35.5. The van der Waals surface area contributed by atoms with Crippen LogP contribution in [0, 0.1) is 0 Å². The van der Waals surface area contributed by atoms with Gasteiger partial charge in [-0.2, -0.15) is 0 Å². The van der Waals surface area contributed by atoms with Gasteiger partial charge in [0.05, 0.1) is 0 Å². The number of hydrogen-bond donors (Lipinski definition) is 0. The van der Waals surface area contributed by atoms with E-state index in [4.69, 9.17) is 16.3 Å². The fourth-order valence-corrected chi connectivity index (χ4v) is 3.81. The molecule has 0 bridgehead atoms. The van der Waals surface area contributed by atoms with Gasteiger partial charge in [-0.05, 0) is 38.0 Å². The van der Waals surface area contributed by atoms with Gasteiger partial charge in [0.15, 0.2) is 6.10 Å². The number of rotatable bonds is 4. The second-order valence-electron chi connectivity index (χ2n) is 6.52. The van der Waals surface area contributed by atoms with Crippen LogP contribution in [0.25, 0.3) is 0 Å². The number of ether oxygens (including phenoxy) is 1. The molecule has 126 valence electrons. The minimum Gasteiger partial charge on any atom is -0.481 e. The third-order valence-corrected chi connectivity index (χ3v) is 5.16. The Bertz CT molecular complexity index is 538. The second-order valence-corrected chi connectivity index (χ2v) is 6.95. The topological polar surface area (TPSA) is 32.8 Å². The van der Waals surface area contributed by atoms with Crippen LogP contribution >= 0.6 is 11.6 Å². The highest BCUT2D eigenvalue weighted by Crippen LogP contribution is 2.24. The van der Waals surface area contributed by atoms with Gasteiger partial charge >= 0.3 is 0 Å². The Hall–Kier alpha value is -1.26. The standard InChI is InChI=1S/C18H25ClN2O2/c1-14(23-17-8-4-5-15(19)13-17)18(22)21-11-9-20(10-12-21)16-6-2-3-7-16/h4-5,8,13-14,16H,2-3,6-7,9-12H2,1H3. The highest BCUT2D eigenvalue weighted by molar-refractivity contribution is 6.30. The normalized spacial score (nSPS) is 21.4. The van der Waals surface area contributed by atoms with Crippen LogP contribution in [-0.2, 0) is 4.79 Å². The Kier molecular flexibility index (Phi) is 5.44. The molecule has 1 aliphatic carbocycles. The number of benzene rings is 1. The van der Waals surface area contributed by atoms with Crippen LogP contribution in [0.4, 0.5) is 0 Å². The van der Waals surface area contributed by atoms with E-state index in [1.807, 2.05) is 24.0 Å². The molecular formula is C18H25ClN2O2. The molecule has 2 fully saturated rings. The molecular weight excluding hydrogens is 312 g/mol. The molecule has 1 amide bonds. The maximum Gasteiger partial charge on any atom is 0.263 e. The van der Waals surface area contributed by atoms with Crippen LogP contribution in [0.3, 0.4) is 0 Å². The van der Waals surface area contributed by atoms with Gasteiger partial charge in [-0.25, -0.2) is 0 Å². The monoisotopic (exact) mass is 336 g/mol. The number of carbonyl (C=O) groups excluding carboxylic acids is 1. The molecule has 0 N–H and O–H groups in total. The summed E-state index contributed by atoms with van der Waals surface area (Å²) < 4.78 is 5.75. The quantitative estimate of drug-likeness (QED) is 0.846. The van der Waals surface area contributed by atoms with E-state index in [9.17, 15) is 4.79 Å². The summed E-state index contributed by atoms with van der Waals surface area (Å²) in [5.41, 5.74) is 0. The minimum absolute atomic E-state index is 0.0658. The van der Waals surface area contributed by atoms with Crippen molar-refractivity contribution in [3.63, 3.8) is 0 Å². The fraction of sp³-hybridized carbons (Fsp3) is 0.611. The number of amides is 1. The number of piperazine rings is 1. The molecule has 1 aliphatic heterocycles. The van der Waals surface area contributed by atoms with Crippen molar-refractivity contribution in [1.82, 2.24) is 9.80 Å². The van der Waals surface area contributed by atoms with E-state index in [0.717, 1.165) is 32.2 Å². The number of nitrogens with zero attached hydrogens (tertiary/aromatic N) is 2. The van der Waals surface area contributed by atoms with Crippen molar-refractivity contribution < 1.29 is 9.53 Å². The van der Waals surface area contributed by atoms with Gasteiger partial charge in [0.1, 0.15) is 5.75 Å². The first kappa shape index (κ1) is 16.6. The van der Waals surface area contributed by atoms with E-state index in [0.29, 0.717) is 10.8 Å². The lowest BCUT2D eigenvalue weighted by atomic mass is 10.1. The van der Waals surface area contributed by atoms with Crippen molar-refractivity contribution in [2.75, 3.05) is 26.2 Å². The fourth-order valence-electron chi connectivity index (χ4n) is 3.63. The summed E-state index contributed by atoms with van der Waals surface area (Å²) >= 11 is 5.95. The van der Waals surface area contributed by atoms with Crippen LogP contribution < -0.4 is 4.74 Å². The summed E-state index contributed by atoms with van der Waals surface area (Å²) in [5, 5.41) is 0.618. The predicted molar refractivity (Wildman–Crippen MR) is 92.0 cm³/mol. The van der Waals surface area contributed by atoms with E-state index in [1.54, 1.807) is 12.1 Å². The summed E-state index contributed by atoms with van der Waals surface area (Å²) in [7, 11) is 0. The first-order chi connectivity index (χ1) is 11.1. The molecule has 1 unspecified atom stereocenters. The molecule has 0 spiro atoms. The van der Waals surface area contributed by atoms with Crippen LogP contribution in [-0.4, -0.2) is 54.0 Å². The molecule has 0 radical (unpaired) electrons. The Morgan fingerprint density at radius 3 is 2.57 bits per heavy atom. The Morgan fingerprint density at radius 1 is 1.22 bits per heavy atom. The second kappa shape index (κ2) is 7.54. The molecule has 5 heteroatoms. The molecule has 1 atom stereocenters. The molecule has 1 heterocycles. The summed E-state index contributed by atoms with van der Waals surface area (Å²) in [6, 6.07) is 7.93. The summed E-state index contributed by atoms with van der Waals surface area (Å²) in [5.74, 6) is 0.707. The molecule has 23 heavy (non-hydrogen) atoms. The van der Waals surface area contributed by atoms with Gasteiger partial charge < -0.3 is 9.64 Å². The molecule has 1 aromatic rings. The zero-order chi connectivity index (χ0) is 16.2. The first-order valence-electron chi connectivity index (χ1n) is 8.58. The lowest BCUT2D eigenvalue weighted by Crippen LogP contribution is -2.53. The van der Waals surface area contributed by atoms with Gasteiger partial charge in [0, 0.05) is 37.2 Å². The number of hydrogen-bond acceptors (Lipinski definition) is 3. The zero-order valence-electron chi connectivity index (χ0n) is 13.7. The first-order valence-corrected chi connectivity index (χ1v) is 8.96. The maximum atomic E-state index is 12.6. The summed E-state index contributed by atoms with van der Waals surface area (Å²) in [6.07, 6.45) is 4.87. The van der Waals surface area contributed by atoms with Crippen molar-refractivity contribution in [3.8, 4) is 5.75 Å². The van der Waals surface area contributed by atoms with Crippen molar-refractivity contribution in [2.45, 2.75) is 44.8 Å². The van der Waals surface area contributed by atoms with Crippen molar-refractivity contribution in [2.24, 2.45) is 0 Å². The lowest BCUT2D eigenvalue weighted by Gasteiger charge is -2.38. The van der Waals surface area contributed by atoms with Crippen molar-refractivity contribution in [3.05, 3.63) is 29.3 Å². The lowest BCUT2D eigenvalue weighted by molar-refractivity contribution is -0.140. The maximum absolute atomic E-state index is 12.6. The van der Waals surface area contributed by atoms with Gasteiger partial charge in [-0.3, -0.25) is 9.69 Å². The SMILES string of the molecule is CC(Oc1cccc(Cl)c1)C(=O)N1CCN(C2CCCC2)CC1. The number of carbonyl (C=O) groups is 1. The average Bonchev–Trinajstić information content (AvgIpc) is 3.09. The third kappa shape index (κ3) is 4.18. The zero-order valence-corrected chi connectivity index (χ0v) is 14.5. The van der Waals surface area contributed by atoms with Crippen molar-refractivity contribution >= 4 is 17.5 Å². The highest BCUT2D eigenvalue weighted by Gasteiger charge is 2.30. The number of halogens is 1. The minimum atomic E-state index is -0.480. The van der Waals surface area contributed by atoms with E-state index in [2.05, 4.69) is 4.90 Å². The van der Waals surface area contributed by atoms with Crippen LogP contribution in [0.5, 0.6) is 5.75 Å². The Morgan fingerprint density at radius 2 is 1.91 bits per heavy atom. The Labute approximate surface area is 143 Å². The predicted octanol–water partition coefficient (Wildman–Crippen LogP) is 3.19. The van der Waals surface area contributed by atoms with Crippen LogP contribution in [0.15, 0.2) is 24.3 Å². The summed E-state index contributed by atoms with van der Waals surface area (Å²) in [6.45, 7) is 5.39. The van der Waals surface area contributed by atoms with E-state index in [-0.39, 0.29) is 5.91 Å². The van der Waals surface area contributed by atoms with E-state index in [1.165, 1.54) is 25.7 Å². The average molecular weight is 337 g/mol. The molecule has 1 aromatic carbocycles. The van der Waals surface area contributed by atoms with Crippen LogP contribution in [0.2, 0.25) is 5.02 Å². The molecule has 4 nitrogen and oxygen atoms in total. The van der Waals surface area contributed by atoms with Gasteiger partial charge in [-0.1, -0.05) is 30.5 Å². The largest absolute Gasteiger partial charge is 0.481 e. The molecule has 0 aromatic heterocycles. The molecule has 2 aliphatic rings. The van der Waals surface area contributed by atoms with E-state index >= 15 is 0 Å². The Balaban J connectivity index is 1.50. The summed E-state index contributed by atoms with van der Waals surface area (Å²) in [4.78, 5) is 17.1. The molecule has 3 rings (SSSR count).